The molecule has 2 saturated heterocycles. The van der Waals surface area contributed by atoms with Gasteiger partial charge in [-0.3, -0.25) is 0 Å². The minimum absolute atomic E-state index is 0.0871. The second kappa shape index (κ2) is 6.77. The van der Waals surface area contributed by atoms with Gasteiger partial charge in [0, 0.05) is 42.0 Å². The Morgan fingerprint density at radius 2 is 2.07 bits per heavy atom. The number of benzene rings is 1. The van der Waals surface area contributed by atoms with Gasteiger partial charge in [-0.15, -0.1) is 10.2 Å². The van der Waals surface area contributed by atoms with E-state index >= 15 is 4.39 Å². The molecule has 1 aliphatic carbocycles. The molecule has 3 fully saturated rings. The molecule has 4 heterocycles. The predicted molar refractivity (Wildman–Crippen MR) is 109 cm³/mol. The molecule has 6 rings (SSSR count). The summed E-state index contributed by atoms with van der Waals surface area (Å²) in [5.41, 5.74) is 1.02. The molecule has 2 aliphatic heterocycles. The molecule has 7 nitrogen and oxygen atoms in total. The molecule has 3 aromatic rings. The molecule has 8 heteroatoms. The van der Waals surface area contributed by atoms with Gasteiger partial charge in [0.1, 0.15) is 11.9 Å². The number of imidazole rings is 1. The molecule has 0 amide bonds. The summed E-state index contributed by atoms with van der Waals surface area (Å²) in [5, 5.41) is 22.1. The van der Waals surface area contributed by atoms with Crippen molar-refractivity contribution in [2.45, 2.75) is 44.5 Å². The Balaban J connectivity index is 1.36. The van der Waals surface area contributed by atoms with E-state index in [4.69, 9.17) is 4.74 Å². The number of rotatable bonds is 4. The average molecular weight is 409 g/mol. The summed E-state index contributed by atoms with van der Waals surface area (Å²) >= 11 is 0. The first kappa shape index (κ1) is 19.0. The van der Waals surface area contributed by atoms with Crippen LogP contribution in [0.1, 0.15) is 26.7 Å². The first-order valence-electron chi connectivity index (χ1n) is 10.1. The van der Waals surface area contributed by atoms with Gasteiger partial charge in [0.25, 0.3) is 0 Å². The van der Waals surface area contributed by atoms with Gasteiger partial charge in [-0.05, 0) is 38.0 Å². The lowest BCUT2D eigenvalue weighted by Gasteiger charge is -2.56. The van der Waals surface area contributed by atoms with Crippen molar-refractivity contribution in [2.75, 3.05) is 6.54 Å². The third-order valence-corrected chi connectivity index (χ3v) is 6.62. The minimum atomic E-state index is -1.12. The number of phenolic OH excluding ortho intramolecular Hbond substituents is 1. The lowest BCUT2D eigenvalue weighted by Crippen LogP contribution is -2.72. The highest BCUT2D eigenvalue weighted by Crippen LogP contribution is 2.48. The number of nitrogens with zero attached hydrogens (tertiary/aromatic N) is 4. The maximum absolute atomic E-state index is 15.1. The molecule has 4 atom stereocenters. The Hall–Kier alpha value is -3.00. The summed E-state index contributed by atoms with van der Waals surface area (Å²) in [5.74, 6) is 0.377. The van der Waals surface area contributed by atoms with Gasteiger partial charge in [-0.2, -0.15) is 0 Å². The van der Waals surface area contributed by atoms with Crippen LogP contribution in [-0.2, 0) is 0 Å². The Labute approximate surface area is 173 Å². The van der Waals surface area contributed by atoms with Crippen molar-refractivity contribution in [3.05, 3.63) is 49.1 Å². The number of ether oxygens (including phenoxy) is 1. The molecule has 0 unspecified atom stereocenters. The van der Waals surface area contributed by atoms with Crippen molar-refractivity contribution in [3.8, 4) is 28.6 Å². The van der Waals surface area contributed by atoms with Crippen molar-refractivity contribution in [1.82, 2.24) is 25.1 Å². The SMILES string of the molecule is C[C@@]12CC[C@@](C)(NC1)[C@@H](F)[C@@H]2Oc1ccc(-c2ccc(-n3ccnc3)cc2O)nn1. The molecule has 2 bridgehead atoms. The number of hydrogen-bond donors (Lipinski definition) is 2. The highest BCUT2D eigenvalue weighted by atomic mass is 19.1. The summed E-state index contributed by atoms with van der Waals surface area (Å²) in [7, 11) is 0. The van der Waals surface area contributed by atoms with E-state index in [1.807, 2.05) is 13.0 Å². The van der Waals surface area contributed by atoms with Crippen LogP contribution in [0.5, 0.6) is 11.6 Å². The second-order valence-corrected chi connectivity index (χ2v) is 8.79. The molecule has 2 aromatic heterocycles. The molecule has 0 spiro atoms. The summed E-state index contributed by atoms with van der Waals surface area (Å²) in [6.07, 6.45) is 5.14. The number of piperidine rings is 2. The van der Waals surface area contributed by atoms with Gasteiger partial charge in [-0.25, -0.2) is 9.37 Å². The maximum Gasteiger partial charge on any atom is 0.233 e. The number of alkyl halides is 1. The van der Waals surface area contributed by atoms with Gasteiger partial charge in [0.05, 0.1) is 23.2 Å². The minimum Gasteiger partial charge on any atom is -0.507 e. The van der Waals surface area contributed by atoms with Crippen molar-refractivity contribution >= 4 is 0 Å². The monoisotopic (exact) mass is 409 g/mol. The second-order valence-electron chi connectivity index (χ2n) is 8.79. The number of phenols is 1. The fraction of sp³-hybridized carbons (Fsp3) is 0.409. The van der Waals surface area contributed by atoms with Crippen LogP contribution in [0, 0.1) is 5.41 Å². The zero-order chi connectivity index (χ0) is 20.9. The van der Waals surface area contributed by atoms with E-state index in [1.54, 1.807) is 47.6 Å². The van der Waals surface area contributed by atoms with Crippen molar-refractivity contribution < 1.29 is 14.2 Å². The van der Waals surface area contributed by atoms with Gasteiger partial charge >= 0.3 is 0 Å². The fourth-order valence-corrected chi connectivity index (χ4v) is 4.46. The Bertz CT molecular complexity index is 1050. The summed E-state index contributed by atoms with van der Waals surface area (Å²) in [6, 6.07) is 8.69. The van der Waals surface area contributed by atoms with Gasteiger partial charge in [0.2, 0.25) is 5.88 Å². The predicted octanol–water partition coefficient (Wildman–Crippen LogP) is 3.28. The first-order chi connectivity index (χ1) is 14.4. The molecule has 3 aliphatic rings. The van der Waals surface area contributed by atoms with Gasteiger partial charge in [-0.1, -0.05) is 6.92 Å². The molecular formula is C22H24FN5O2. The van der Waals surface area contributed by atoms with E-state index in [1.165, 1.54) is 0 Å². The van der Waals surface area contributed by atoms with Crippen molar-refractivity contribution in [2.24, 2.45) is 5.41 Å². The van der Waals surface area contributed by atoms with E-state index in [0.29, 0.717) is 17.1 Å². The number of halogens is 1. The largest absolute Gasteiger partial charge is 0.507 e. The normalized spacial score (nSPS) is 30.4. The summed E-state index contributed by atoms with van der Waals surface area (Å²) in [6.45, 7) is 4.69. The molecule has 1 aromatic carbocycles. The van der Waals surface area contributed by atoms with Crippen LogP contribution in [0.4, 0.5) is 4.39 Å². The number of aromatic nitrogens is 4. The smallest absolute Gasteiger partial charge is 0.233 e. The van der Waals surface area contributed by atoms with E-state index < -0.39 is 17.8 Å². The number of fused-ring (bicyclic) bond motifs is 3. The maximum atomic E-state index is 15.1. The standard InChI is InChI=1S/C22H24FN5O2/c1-21-7-8-22(2,25-12-21)19(23)20(21)30-18-6-5-16(26-27-18)15-4-3-14(11-17(15)29)28-10-9-24-13-28/h3-6,9-11,13,19-20,25,29H,7-8,12H2,1-2H3/t19-,20-,21+,22+/m0/s1. The quantitative estimate of drug-likeness (QED) is 0.688. The average Bonchev–Trinajstić information content (AvgIpc) is 3.28. The van der Waals surface area contributed by atoms with Crippen LogP contribution in [0.2, 0.25) is 0 Å². The lowest BCUT2D eigenvalue weighted by atomic mass is 9.61. The number of aromatic hydroxyl groups is 1. The van der Waals surface area contributed by atoms with E-state index in [-0.39, 0.29) is 11.2 Å². The van der Waals surface area contributed by atoms with Crippen LogP contribution < -0.4 is 10.1 Å². The van der Waals surface area contributed by atoms with E-state index in [9.17, 15) is 5.11 Å². The molecular weight excluding hydrogens is 385 g/mol. The molecule has 30 heavy (non-hydrogen) atoms. The number of nitrogens with one attached hydrogen (secondary N) is 1. The van der Waals surface area contributed by atoms with Crippen molar-refractivity contribution in [3.63, 3.8) is 0 Å². The van der Waals surface area contributed by atoms with Crippen LogP contribution >= 0.6 is 0 Å². The first-order valence-corrected chi connectivity index (χ1v) is 10.1. The molecule has 2 N–H and O–H groups in total. The topological polar surface area (TPSA) is 85.1 Å². The van der Waals surface area contributed by atoms with Gasteiger partial charge < -0.3 is 19.7 Å². The third-order valence-electron chi connectivity index (χ3n) is 6.62. The Morgan fingerprint density at radius 3 is 2.70 bits per heavy atom. The highest BCUT2D eigenvalue weighted by molar-refractivity contribution is 5.68. The molecule has 156 valence electrons. The summed E-state index contributed by atoms with van der Waals surface area (Å²) in [4.78, 5) is 4.01. The van der Waals surface area contributed by atoms with Crippen LogP contribution in [-0.4, -0.2) is 49.2 Å². The lowest BCUT2D eigenvalue weighted by molar-refractivity contribution is -0.120. The van der Waals surface area contributed by atoms with E-state index in [0.717, 1.165) is 25.1 Å². The van der Waals surface area contributed by atoms with Crippen molar-refractivity contribution in [1.29, 1.82) is 0 Å². The zero-order valence-electron chi connectivity index (χ0n) is 16.9. The highest BCUT2D eigenvalue weighted by Gasteiger charge is 2.58. The van der Waals surface area contributed by atoms with Gasteiger partial charge in [0.15, 0.2) is 6.17 Å². The Morgan fingerprint density at radius 1 is 1.20 bits per heavy atom. The van der Waals surface area contributed by atoms with Crippen LogP contribution in [0.3, 0.4) is 0 Å². The third kappa shape index (κ3) is 3.02. The van der Waals surface area contributed by atoms with Crippen LogP contribution in [0.25, 0.3) is 16.9 Å². The van der Waals surface area contributed by atoms with E-state index in [2.05, 4.69) is 27.4 Å². The van der Waals surface area contributed by atoms with Crippen LogP contribution in [0.15, 0.2) is 49.1 Å². The molecule has 0 radical (unpaired) electrons. The Kier molecular flexibility index (Phi) is 4.28. The zero-order valence-corrected chi connectivity index (χ0v) is 16.9. The molecule has 1 saturated carbocycles. The fourth-order valence-electron chi connectivity index (χ4n) is 4.46. The number of hydrogen-bond acceptors (Lipinski definition) is 6. The summed E-state index contributed by atoms with van der Waals surface area (Å²) < 4.78 is 22.9.